The summed E-state index contributed by atoms with van der Waals surface area (Å²) in [5.41, 5.74) is -0.0521. The molecule has 1 fully saturated rings. The molecule has 0 aromatic heterocycles. The van der Waals surface area contributed by atoms with E-state index in [9.17, 15) is 5.11 Å². The van der Waals surface area contributed by atoms with Crippen molar-refractivity contribution in [3.05, 3.63) is 0 Å². The van der Waals surface area contributed by atoms with Crippen molar-refractivity contribution >= 4 is 11.8 Å². The molecule has 72 valence electrons. The second-order valence-electron chi connectivity index (χ2n) is 4.14. The molecule has 0 aromatic rings. The van der Waals surface area contributed by atoms with Crippen molar-refractivity contribution in [1.29, 1.82) is 0 Å². The summed E-state index contributed by atoms with van der Waals surface area (Å²) in [5, 5.41) is 9.38. The molecule has 1 aliphatic heterocycles. The molecule has 1 rings (SSSR count). The third-order valence-corrected chi connectivity index (χ3v) is 3.52. The summed E-state index contributed by atoms with van der Waals surface area (Å²) >= 11 is 1.73. The fourth-order valence-electron chi connectivity index (χ4n) is 1.57. The first-order valence-corrected chi connectivity index (χ1v) is 5.30. The van der Waals surface area contributed by atoms with Gasteiger partial charge >= 0.3 is 0 Å². The van der Waals surface area contributed by atoms with Gasteiger partial charge in [-0.3, -0.25) is 0 Å². The van der Waals surface area contributed by atoms with E-state index in [0.717, 1.165) is 6.42 Å². The van der Waals surface area contributed by atoms with Crippen LogP contribution in [0.5, 0.6) is 0 Å². The minimum atomic E-state index is -0.378. The lowest BCUT2D eigenvalue weighted by molar-refractivity contribution is -0.0313. The Morgan fingerprint density at radius 1 is 1.58 bits per heavy atom. The van der Waals surface area contributed by atoms with Gasteiger partial charge in [-0.25, -0.2) is 0 Å². The number of aliphatic hydroxyl groups excluding tert-OH is 1. The highest BCUT2D eigenvalue weighted by Crippen LogP contribution is 2.40. The molecule has 3 heteroatoms. The molecular weight excluding hydrogens is 172 g/mol. The second kappa shape index (κ2) is 3.56. The lowest BCUT2D eigenvalue weighted by Crippen LogP contribution is -2.39. The molecule has 0 amide bonds. The maximum Gasteiger partial charge on any atom is 0.129 e. The average Bonchev–Trinajstić information content (AvgIpc) is 1.82. The lowest BCUT2D eigenvalue weighted by Gasteiger charge is -2.39. The van der Waals surface area contributed by atoms with Gasteiger partial charge in [0.25, 0.3) is 0 Å². The van der Waals surface area contributed by atoms with Crippen molar-refractivity contribution in [2.45, 2.75) is 56.5 Å². The lowest BCUT2D eigenvalue weighted by atomic mass is 10.1. The van der Waals surface area contributed by atoms with Gasteiger partial charge in [-0.15, -0.1) is 11.8 Å². The van der Waals surface area contributed by atoms with Gasteiger partial charge in [-0.1, -0.05) is 13.8 Å². The number of hydrogen-bond donors (Lipinski definition) is 1. The van der Waals surface area contributed by atoms with Gasteiger partial charge in [0, 0.05) is 4.75 Å². The van der Waals surface area contributed by atoms with Crippen LogP contribution in [-0.2, 0) is 4.74 Å². The molecule has 0 spiro atoms. The highest BCUT2D eigenvalue weighted by Gasteiger charge is 2.35. The predicted molar refractivity (Wildman–Crippen MR) is 52.3 cm³/mol. The molecular formula is C9H18O2S. The molecule has 1 N–H and O–H groups in total. The Labute approximate surface area is 78.7 Å². The highest BCUT2D eigenvalue weighted by molar-refractivity contribution is 8.01. The third kappa shape index (κ3) is 2.64. The Kier molecular flexibility index (Phi) is 3.07. The summed E-state index contributed by atoms with van der Waals surface area (Å²) in [6, 6.07) is 0. The molecule has 1 saturated heterocycles. The van der Waals surface area contributed by atoms with Gasteiger partial charge in [0.1, 0.15) is 5.44 Å². The minimum absolute atomic E-state index is 0.0521. The van der Waals surface area contributed by atoms with Crippen LogP contribution in [-0.4, -0.2) is 27.5 Å². The number of ether oxygens (including phenoxy) is 1. The molecule has 1 heterocycles. The molecule has 0 bridgehead atoms. The van der Waals surface area contributed by atoms with E-state index in [1.54, 1.807) is 18.7 Å². The van der Waals surface area contributed by atoms with Crippen LogP contribution in [0.15, 0.2) is 0 Å². The molecule has 12 heavy (non-hydrogen) atoms. The first kappa shape index (κ1) is 10.4. The third-order valence-electron chi connectivity index (χ3n) is 1.97. The SMILES string of the molecule is C[C@H](O)[C@H]1O[C@@H](C)CC(C)(C)S1. The van der Waals surface area contributed by atoms with E-state index in [-0.39, 0.29) is 22.4 Å². The van der Waals surface area contributed by atoms with Gasteiger partial charge in [0.15, 0.2) is 0 Å². The van der Waals surface area contributed by atoms with Gasteiger partial charge < -0.3 is 9.84 Å². The number of thioether (sulfide) groups is 1. The molecule has 0 unspecified atom stereocenters. The van der Waals surface area contributed by atoms with Crippen molar-refractivity contribution in [2.75, 3.05) is 0 Å². The Morgan fingerprint density at radius 2 is 2.17 bits per heavy atom. The summed E-state index contributed by atoms with van der Waals surface area (Å²) in [4.78, 5) is 0. The van der Waals surface area contributed by atoms with Gasteiger partial charge in [0.05, 0.1) is 12.2 Å². The largest absolute Gasteiger partial charge is 0.390 e. The van der Waals surface area contributed by atoms with E-state index in [1.165, 1.54) is 0 Å². The molecule has 0 saturated carbocycles. The zero-order chi connectivity index (χ0) is 9.35. The molecule has 0 radical (unpaired) electrons. The van der Waals surface area contributed by atoms with Crippen LogP contribution in [0.3, 0.4) is 0 Å². The maximum absolute atomic E-state index is 9.38. The molecule has 1 aliphatic rings. The van der Waals surface area contributed by atoms with Gasteiger partial charge in [-0.05, 0) is 20.3 Å². The highest BCUT2D eigenvalue weighted by atomic mass is 32.2. The Bertz CT molecular complexity index is 157. The summed E-state index contributed by atoms with van der Waals surface area (Å²) < 4.78 is 5.83. The first-order valence-electron chi connectivity index (χ1n) is 4.42. The fraction of sp³-hybridized carbons (Fsp3) is 1.00. The molecule has 0 aromatic carbocycles. The Balaban J connectivity index is 2.58. The van der Waals surface area contributed by atoms with Crippen molar-refractivity contribution in [3.63, 3.8) is 0 Å². The smallest absolute Gasteiger partial charge is 0.129 e. The average molecular weight is 190 g/mol. The van der Waals surface area contributed by atoms with Crippen LogP contribution >= 0.6 is 11.8 Å². The summed E-state index contributed by atoms with van der Waals surface area (Å²) in [6.45, 7) is 8.25. The minimum Gasteiger partial charge on any atom is -0.390 e. The fourth-order valence-corrected chi connectivity index (χ4v) is 2.97. The first-order chi connectivity index (χ1) is 5.41. The van der Waals surface area contributed by atoms with Crippen LogP contribution in [0.1, 0.15) is 34.1 Å². The van der Waals surface area contributed by atoms with E-state index >= 15 is 0 Å². The standard InChI is InChI=1S/C9H18O2S/c1-6-5-9(3,4)12-8(11-6)7(2)10/h6-8,10H,5H2,1-4H3/t6-,7-,8-/m0/s1. The second-order valence-corrected chi connectivity index (χ2v) is 5.94. The topological polar surface area (TPSA) is 29.5 Å². The zero-order valence-electron chi connectivity index (χ0n) is 8.20. The molecule has 3 atom stereocenters. The van der Waals surface area contributed by atoms with E-state index in [1.807, 2.05) is 0 Å². The summed E-state index contributed by atoms with van der Waals surface area (Å²) in [7, 11) is 0. The van der Waals surface area contributed by atoms with Crippen molar-refractivity contribution < 1.29 is 9.84 Å². The molecule has 2 nitrogen and oxygen atoms in total. The monoisotopic (exact) mass is 190 g/mol. The van der Waals surface area contributed by atoms with Crippen LogP contribution in [0, 0.1) is 0 Å². The summed E-state index contributed by atoms with van der Waals surface area (Å²) in [6.07, 6.45) is 0.943. The Hall–Kier alpha value is 0.270. The van der Waals surface area contributed by atoms with Crippen LogP contribution < -0.4 is 0 Å². The molecule has 0 aliphatic carbocycles. The maximum atomic E-state index is 9.38. The van der Waals surface area contributed by atoms with E-state index in [0.29, 0.717) is 0 Å². The van der Waals surface area contributed by atoms with Crippen molar-refractivity contribution in [1.82, 2.24) is 0 Å². The zero-order valence-corrected chi connectivity index (χ0v) is 9.02. The van der Waals surface area contributed by atoms with Gasteiger partial charge in [0.2, 0.25) is 0 Å². The predicted octanol–water partition coefficient (Wildman–Crippen LogP) is 2.01. The summed E-state index contributed by atoms with van der Waals surface area (Å²) in [5.74, 6) is 0. The van der Waals surface area contributed by atoms with Crippen molar-refractivity contribution in [2.24, 2.45) is 0 Å². The van der Waals surface area contributed by atoms with E-state index in [4.69, 9.17) is 4.74 Å². The van der Waals surface area contributed by atoms with Gasteiger partial charge in [-0.2, -0.15) is 0 Å². The van der Waals surface area contributed by atoms with E-state index < -0.39 is 0 Å². The Morgan fingerprint density at radius 3 is 2.58 bits per heavy atom. The van der Waals surface area contributed by atoms with Crippen molar-refractivity contribution in [3.8, 4) is 0 Å². The van der Waals surface area contributed by atoms with E-state index in [2.05, 4.69) is 20.8 Å². The van der Waals surface area contributed by atoms with Crippen LogP contribution in [0.25, 0.3) is 0 Å². The number of hydrogen-bond acceptors (Lipinski definition) is 3. The normalized spacial score (nSPS) is 37.8. The van der Waals surface area contributed by atoms with Crippen LogP contribution in [0.2, 0.25) is 0 Å². The quantitative estimate of drug-likeness (QED) is 0.686. The van der Waals surface area contributed by atoms with Crippen LogP contribution in [0.4, 0.5) is 0 Å². The number of aliphatic hydroxyl groups is 1. The number of rotatable bonds is 1.